The number of likely N-dealkylation sites (tertiary alicyclic amines) is 1. The minimum absolute atomic E-state index is 0.593. The summed E-state index contributed by atoms with van der Waals surface area (Å²) in [4.78, 5) is 6.03. The first-order valence-electron chi connectivity index (χ1n) is 10.5. The van der Waals surface area contributed by atoms with Gasteiger partial charge in [0.25, 0.3) is 0 Å². The molecule has 6 heteroatoms. The van der Waals surface area contributed by atoms with Gasteiger partial charge < -0.3 is 24.7 Å². The van der Waals surface area contributed by atoms with Crippen molar-refractivity contribution in [1.29, 1.82) is 0 Å². The van der Waals surface area contributed by atoms with Crippen molar-refractivity contribution >= 4 is 22.5 Å². The summed E-state index contributed by atoms with van der Waals surface area (Å²) in [5.41, 5.74) is 4.33. The van der Waals surface area contributed by atoms with E-state index in [1.165, 1.54) is 18.4 Å². The highest BCUT2D eigenvalue weighted by Crippen LogP contribution is 2.40. The number of rotatable bonds is 7. The smallest absolute Gasteiger partial charge is 0.161 e. The number of piperidine rings is 1. The fourth-order valence-electron chi connectivity index (χ4n) is 4.38. The van der Waals surface area contributed by atoms with Gasteiger partial charge in [0.05, 0.1) is 24.9 Å². The van der Waals surface area contributed by atoms with E-state index in [2.05, 4.69) is 33.4 Å². The molecule has 0 saturated carbocycles. The Morgan fingerprint density at radius 1 is 1.07 bits per heavy atom. The number of H-pyrrole nitrogens is 1. The molecule has 1 aliphatic heterocycles. The predicted octanol–water partition coefficient (Wildman–Crippen LogP) is 4.90. The van der Waals surface area contributed by atoms with Crippen LogP contribution in [0.15, 0.2) is 36.4 Å². The van der Waals surface area contributed by atoms with Crippen LogP contribution in [0.2, 0.25) is 5.02 Å². The largest absolute Gasteiger partial charge is 0.493 e. The van der Waals surface area contributed by atoms with Crippen molar-refractivity contribution in [2.24, 2.45) is 0 Å². The van der Waals surface area contributed by atoms with Crippen molar-refractivity contribution in [3.05, 3.63) is 47.0 Å². The molecule has 0 amide bonds. The van der Waals surface area contributed by atoms with Gasteiger partial charge in [0.1, 0.15) is 0 Å². The lowest BCUT2D eigenvalue weighted by Gasteiger charge is -2.32. The Morgan fingerprint density at radius 3 is 2.53 bits per heavy atom. The second-order valence-corrected chi connectivity index (χ2v) is 8.29. The van der Waals surface area contributed by atoms with Crippen LogP contribution in [0.5, 0.6) is 11.5 Å². The Labute approximate surface area is 183 Å². The van der Waals surface area contributed by atoms with Crippen LogP contribution < -0.4 is 14.8 Å². The number of hydrogen-bond acceptors (Lipinski definition) is 4. The average Bonchev–Trinajstić information content (AvgIpc) is 3.13. The monoisotopic (exact) mass is 427 g/mol. The van der Waals surface area contributed by atoms with Crippen molar-refractivity contribution in [1.82, 2.24) is 15.2 Å². The van der Waals surface area contributed by atoms with Crippen LogP contribution in [0.4, 0.5) is 0 Å². The van der Waals surface area contributed by atoms with Crippen LogP contribution in [0.25, 0.3) is 22.2 Å². The molecular weight excluding hydrogens is 398 g/mol. The van der Waals surface area contributed by atoms with Crippen molar-refractivity contribution in [3.63, 3.8) is 0 Å². The lowest BCUT2D eigenvalue weighted by Crippen LogP contribution is -2.37. The highest BCUT2D eigenvalue weighted by atomic mass is 35.5. The zero-order chi connectivity index (χ0) is 21.1. The van der Waals surface area contributed by atoms with E-state index in [0.717, 1.165) is 53.4 Å². The third kappa shape index (κ3) is 4.15. The average molecular weight is 428 g/mol. The van der Waals surface area contributed by atoms with E-state index in [1.54, 1.807) is 14.2 Å². The van der Waals surface area contributed by atoms with Crippen molar-refractivity contribution in [3.8, 4) is 22.8 Å². The summed E-state index contributed by atoms with van der Waals surface area (Å²) >= 11 is 6.83. The molecule has 160 valence electrons. The molecule has 0 bridgehead atoms. The minimum Gasteiger partial charge on any atom is -0.493 e. The molecule has 0 unspecified atom stereocenters. The molecule has 0 atom stereocenters. The maximum Gasteiger partial charge on any atom is 0.161 e. The second-order valence-electron chi connectivity index (χ2n) is 7.91. The van der Waals surface area contributed by atoms with E-state index >= 15 is 0 Å². The summed E-state index contributed by atoms with van der Waals surface area (Å²) in [6.45, 7) is 4.49. The zero-order valence-electron chi connectivity index (χ0n) is 17.9. The maximum absolute atomic E-state index is 6.83. The number of nitrogens with zero attached hydrogens (tertiary/aromatic N) is 1. The summed E-state index contributed by atoms with van der Waals surface area (Å²) in [6.07, 6.45) is 2.39. The Bertz CT molecular complexity index is 1010. The number of methoxy groups -OCH3 is 2. The van der Waals surface area contributed by atoms with E-state index in [9.17, 15) is 0 Å². The lowest BCUT2D eigenvalue weighted by molar-refractivity contribution is 0.214. The molecular formula is C24H30ClN3O2. The number of hydrogen-bond donors (Lipinski definition) is 2. The van der Waals surface area contributed by atoms with Gasteiger partial charge >= 0.3 is 0 Å². The lowest BCUT2D eigenvalue weighted by atomic mass is 9.89. The zero-order valence-corrected chi connectivity index (χ0v) is 18.7. The standard InChI is InChI=1S/C24H30ClN3O2/c1-26-10-13-28-11-8-16(9-12-28)17-4-6-20-19(14-17)23(25)24(27-20)18-5-7-21(29-2)22(15-18)30-3/h4-7,14-16,26-27H,8-13H2,1-3H3. The number of nitrogens with one attached hydrogen (secondary N) is 2. The molecule has 1 aromatic heterocycles. The van der Waals surface area contributed by atoms with Crippen LogP contribution in [0.1, 0.15) is 24.3 Å². The van der Waals surface area contributed by atoms with Crippen LogP contribution in [-0.4, -0.2) is 57.3 Å². The molecule has 0 radical (unpaired) electrons. The van der Waals surface area contributed by atoms with Crippen molar-refractivity contribution in [2.75, 3.05) is 47.4 Å². The van der Waals surface area contributed by atoms with Gasteiger partial charge in [-0.1, -0.05) is 17.7 Å². The Kier molecular flexibility index (Phi) is 6.52. The molecule has 0 aliphatic carbocycles. The highest BCUT2D eigenvalue weighted by molar-refractivity contribution is 6.38. The number of aromatic nitrogens is 1. The van der Waals surface area contributed by atoms with Gasteiger partial charge in [-0.25, -0.2) is 0 Å². The quantitative estimate of drug-likeness (QED) is 0.562. The molecule has 5 nitrogen and oxygen atoms in total. The van der Waals surface area contributed by atoms with Crippen molar-refractivity contribution in [2.45, 2.75) is 18.8 Å². The predicted molar refractivity (Wildman–Crippen MR) is 124 cm³/mol. The van der Waals surface area contributed by atoms with Crippen LogP contribution in [-0.2, 0) is 0 Å². The Balaban J connectivity index is 1.59. The fraction of sp³-hybridized carbons (Fsp3) is 0.417. The van der Waals surface area contributed by atoms with Gasteiger partial charge in [-0.15, -0.1) is 0 Å². The molecule has 0 spiro atoms. The van der Waals surface area contributed by atoms with E-state index in [4.69, 9.17) is 21.1 Å². The first kappa shape index (κ1) is 21.0. The fourth-order valence-corrected chi connectivity index (χ4v) is 4.69. The Hall–Kier alpha value is -2.21. The summed E-state index contributed by atoms with van der Waals surface area (Å²) in [6, 6.07) is 12.5. The first-order chi connectivity index (χ1) is 14.6. The maximum atomic E-state index is 6.83. The molecule has 1 aliphatic rings. The van der Waals surface area contributed by atoms with Crippen molar-refractivity contribution < 1.29 is 9.47 Å². The van der Waals surface area contributed by atoms with Gasteiger partial charge in [0, 0.05) is 29.6 Å². The topological polar surface area (TPSA) is 49.5 Å². The minimum atomic E-state index is 0.593. The third-order valence-electron chi connectivity index (χ3n) is 6.17. The first-order valence-corrected chi connectivity index (χ1v) is 10.9. The number of likely N-dealkylation sites (N-methyl/N-ethyl adjacent to an activating group) is 1. The molecule has 1 fully saturated rings. The number of benzene rings is 2. The summed E-state index contributed by atoms with van der Waals surface area (Å²) in [5.74, 6) is 1.99. The molecule has 2 heterocycles. The Morgan fingerprint density at radius 2 is 1.83 bits per heavy atom. The van der Waals surface area contributed by atoms with Crippen LogP contribution in [0.3, 0.4) is 0 Å². The summed E-state index contributed by atoms with van der Waals surface area (Å²) < 4.78 is 10.8. The summed E-state index contributed by atoms with van der Waals surface area (Å²) in [5, 5.41) is 5.07. The van der Waals surface area contributed by atoms with Crippen LogP contribution in [0, 0.1) is 0 Å². The molecule has 2 aromatic carbocycles. The number of ether oxygens (including phenoxy) is 2. The molecule has 2 N–H and O–H groups in total. The van der Waals surface area contributed by atoms with Gasteiger partial charge in [0.2, 0.25) is 0 Å². The number of halogens is 1. The molecule has 4 rings (SSSR count). The van der Waals surface area contributed by atoms with E-state index < -0.39 is 0 Å². The van der Waals surface area contributed by atoms with E-state index in [1.807, 2.05) is 25.2 Å². The van der Waals surface area contributed by atoms with Gasteiger partial charge in [-0.05, 0) is 74.8 Å². The highest BCUT2D eigenvalue weighted by Gasteiger charge is 2.21. The second kappa shape index (κ2) is 9.29. The molecule has 1 saturated heterocycles. The summed E-state index contributed by atoms with van der Waals surface area (Å²) in [7, 11) is 5.30. The van der Waals surface area contributed by atoms with Gasteiger partial charge in [-0.3, -0.25) is 0 Å². The SMILES string of the molecule is CNCCN1CCC(c2ccc3[nH]c(-c4ccc(OC)c(OC)c4)c(Cl)c3c2)CC1. The normalized spacial score (nSPS) is 15.6. The van der Waals surface area contributed by atoms with E-state index in [-0.39, 0.29) is 0 Å². The molecule has 30 heavy (non-hydrogen) atoms. The third-order valence-corrected chi connectivity index (χ3v) is 6.56. The number of fused-ring (bicyclic) bond motifs is 1. The van der Waals surface area contributed by atoms with Gasteiger partial charge in [-0.2, -0.15) is 0 Å². The molecule has 3 aromatic rings. The van der Waals surface area contributed by atoms with E-state index in [0.29, 0.717) is 17.4 Å². The van der Waals surface area contributed by atoms with Crippen LogP contribution >= 0.6 is 11.6 Å². The van der Waals surface area contributed by atoms with Gasteiger partial charge in [0.15, 0.2) is 11.5 Å². The number of aromatic amines is 1.